The van der Waals surface area contributed by atoms with Gasteiger partial charge < -0.3 is 15.6 Å². The molecule has 1 aromatic heterocycles. The molecule has 0 saturated heterocycles. The lowest BCUT2D eigenvalue weighted by atomic mass is 10.2. The molecule has 0 saturated carbocycles. The maximum atomic E-state index is 12.5. The van der Waals surface area contributed by atoms with E-state index in [0.29, 0.717) is 5.69 Å². The van der Waals surface area contributed by atoms with Gasteiger partial charge in [-0.25, -0.2) is 0 Å². The number of aromatic nitrogens is 1. The molecule has 0 fully saturated rings. The Morgan fingerprint density at radius 3 is 2.20 bits per heavy atom. The molecule has 0 aliphatic rings. The Balaban J connectivity index is 1.68. The number of halogens is 3. The third-order valence-corrected chi connectivity index (χ3v) is 3.51. The molecule has 0 bridgehead atoms. The van der Waals surface area contributed by atoms with E-state index in [4.69, 9.17) is 0 Å². The second-order valence-corrected chi connectivity index (χ2v) is 5.23. The molecular weight excluding hydrogens is 335 g/mol. The van der Waals surface area contributed by atoms with E-state index in [9.17, 15) is 22.8 Å². The van der Waals surface area contributed by atoms with Gasteiger partial charge in [0, 0.05) is 22.8 Å². The molecule has 3 N–H and O–H groups in total. The molecule has 5 nitrogen and oxygen atoms in total. The lowest BCUT2D eigenvalue weighted by Crippen LogP contribution is -2.29. The minimum atomic E-state index is -4.46. The third kappa shape index (κ3) is 3.63. The van der Waals surface area contributed by atoms with E-state index in [-0.39, 0.29) is 5.69 Å². The monoisotopic (exact) mass is 347 g/mol. The van der Waals surface area contributed by atoms with E-state index in [0.717, 1.165) is 35.2 Å². The van der Waals surface area contributed by atoms with Crippen molar-refractivity contribution in [3.05, 3.63) is 60.3 Å². The number of benzene rings is 2. The Labute approximate surface area is 139 Å². The smallest absolute Gasteiger partial charge is 0.359 e. The largest absolute Gasteiger partial charge is 0.416 e. The van der Waals surface area contributed by atoms with Crippen LogP contribution in [-0.2, 0) is 15.8 Å². The number of nitrogens with one attached hydrogen (secondary N) is 3. The molecule has 1 heterocycles. The SMILES string of the molecule is O=C(Nc1ccc(C(F)(F)F)cc1)C(=O)Nc1c[nH]c2ccccc12. The van der Waals surface area contributed by atoms with Crippen molar-refractivity contribution in [1.29, 1.82) is 0 Å². The van der Waals surface area contributed by atoms with Gasteiger partial charge in [0.15, 0.2) is 0 Å². The fourth-order valence-corrected chi connectivity index (χ4v) is 2.28. The average molecular weight is 347 g/mol. The number of fused-ring (bicyclic) bond motifs is 1. The molecule has 2 aromatic carbocycles. The van der Waals surface area contributed by atoms with Crippen LogP contribution < -0.4 is 10.6 Å². The summed E-state index contributed by atoms with van der Waals surface area (Å²) in [6, 6.07) is 11.0. The Morgan fingerprint density at radius 2 is 1.52 bits per heavy atom. The Hall–Kier alpha value is -3.29. The van der Waals surface area contributed by atoms with Crippen LogP contribution in [0.1, 0.15) is 5.56 Å². The van der Waals surface area contributed by atoms with E-state index in [2.05, 4.69) is 15.6 Å². The molecular formula is C17H12F3N3O2. The van der Waals surface area contributed by atoms with Gasteiger partial charge in [0.2, 0.25) is 0 Å². The molecule has 0 unspecified atom stereocenters. The van der Waals surface area contributed by atoms with Crippen molar-refractivity contribution in [1.82, 2.24) is 4.98 Å². The first kappa shape index (κ1) is 16.6. The highest BCUT2D eigenvalue weighted by Crippen LogP contribution is 2.29. The number of alkyl halides is 3. The lowest BCUT2D eigenvalue weighted by molar-refractivity contribution is -0.137. The number of anilines is 2. The zero-order chi connectivity index (χ0) is 18.0. The summed E-state index contributed by atoms with van der Waals surface area (Å²) in [6.07, 6.45) is -2.91. The number of rotatable bonds is 2. The molecule has 3 aromatic rings. The number of carbonyl (C=O) groups is 2. The highest BCUT2D eigenvalue weighted by Gasteiger charge is 2.30. The highest BCUT2D eigenvalue weighted by atomic mass is 19.4. The molecule has 128 valence electrons. The third-order valence-electron chi connectivity index (χ3n) is 3.51. The van der Waals surface area contributed by atoms with Crippen LogP contribution in [0.4, 0.5) is 24.5 Å². The van der Waals surface area contributed by atoms with Crippen molar-refractivity contribution in [3.63, 3.8) is 0 Å². The second kappa shape index (κ2) is 6.31. The first-order chi connectivity index (χ1) is 11.8. The molecule has 0 spiro atoms. The van der Waals surface area contributed by atoms with Gasteiger partial charge in [-0.1, -0.05) is 18.2 Å². The van der Waals surface area contributed by atoms with Gasteiger partial charge >= 0.3 is 18.0 Å². The first-order valence-corrected chi connectivity index (χ1v) is 7.20. The van der Waals surface area contributed by atoms with Crippen LogP contribution in [0.5, 0.6) is 0 Å². The number of hydrogen-bond acceptors (Lipinski definition) is 2. The minimum Gasteiger partial charge on any atom is -0.359 e. The van der Waals surface area contributed by atoms with Crippen LogP contribution in [0.25, 0.3) is 10.9 Å². The lowest BCUT2D eigenvalue weighted by Gasteiger charge is -2.09. The number of H-pyrrole nitrogens is 1. The zero-order valence-electron chi connectivity index (χ0n) is 12.6. The fourth-order valence-electron chi connectivity index (χ4n) is 2.28. The Bertz CT molecular complexity index is 930. The van der Waals surface area contributed by atoms with Crippen LogP contribution >= 0.6 is 0 Å². The summed E-state index contributed by atoms with van der Waals surface area (Å²) >= 11 is 0. The number of carbonyl (C=O) groups excluding carboxylic acids is 2. The van der Waals surface area contributed by atoms with Gasteiger partial charge in [-0.3, -0.25) is 9.59 Å². The standard InChI is InChI=1S/C17H12F3N3O2/c18-17(19,20)10-5-7-11(8-6-10)22-15(24)16(25)23-14-9-21-13-4-2-1-3-12(13)14/h1-9,21H,(H,22,24)(H,23,25). The minimum absolute atomic E-state index is 0.0899. The van der Waals surface area contributed by atoms with Crippen molar-refractivity contribution in [2.75, 3.05) is 10.6 Å². The first-order valence-electron chi connectivity index (χ1n) is 7.20. The molecule has 25 heavy (non-hydrogen) atoms. The van der Waals surface area contributed by atoms with Crippen LogP contribution in [0.2, 0.25) is 0 Å². The highest BCUT2D eigenvalue weighted by molar-refractivity contribution is 6.44. The summed E-state index contributed by atoms with van der Waals surface area (Å²) in [4.78, 5) is 26.8. The molecule has 2 amide bonds. The molecule has 0 atom stereocenters. The van der Waals surface area contributed by atoms with Crippen LogP contribution in [0.3, 0.4) is 0 Å². The molecule has 8 heteroatoms. The maximum absolute atomic E-state index is 12.5. The second-order valence-electron chi connectivity index (χ2n) is 5.23. The van der Waals surface area contributed by atoms with Crippen molar-refractivity contribution in [3.8, 4) is 0 Å². The van der Waals surface area contributed by atoms with Crippen molar-refractivity contribution < 1.29 is 22.8 Å². The predicted molar refractivity (Wildman–Crippen MR) is 87.0 cm³/mol. The molecule has 0 radical (unpaired) electrons. The van der Waals surface area contributed by atoms with E-state index in [1.807, 2.05) is 12.1 Å². The zero-order valence-corrected chi connectivity index (χ0v) is 12.6. The molecule has 0 aliphatic carbocycles. The van der Waals surface area contributed by atoms with Gasteiger partial charge in [-0.05, 0) is 30.3 Å². The van der Waals surface area contributed by atoms with Crippen LogP contribution in [0, 0.1) is 0 Å². The predicted octanol–water partition coefficient (Wildman–Crippen LogP) is 3.76. The number of aromatic amines is 1. The van der Waals surface area contributed by atoms with Gasteiger partial charge in [0.05, 0.1) is 11.3 Å². The average Bonchev–Trinajstić information content (AvgIpc) is 2.97. The summed E-state index contributed by atoms with van der Waals surface area (Å²) in [5.74, 6) is -1.91. The summed E-state index contributed by atoms with van der Waals surface area (Å²) in [6.45, 7) is 0. The normalized spacial score (nSPS) is 11.3. The van der Waals surface area contributed by atoms with E-state index in [1.165, 1.54) is 0 Å². The van der Waals surface area contributed by atoms with Gasteiger partial charge in [-0.15, -0.1) is 0 Å². The van der Waals surface area contributed by atoms with Crippen molar-refractivity contribution in [2.24, 2.45) is 0 Å². The molecule has 3 rings (SSSR count). The quantitative estimate of drug-likeness (QED) is 0.618. The van der Waals surface area contributed by atoms with Crippen LogP contribution in [-0.4, -0.2) is 16.8 Å². The summed E-state index contributed by atoms with van der Waals surface area (Å²) in [5.41, 5.74) is 0.477. The topological polar surface area (TPSA) is 74.0 Å². The Kier molecular flexibility index (Phi) is 4.18. The summed E-state index contributed by atoms with van der Waals surface area (Å²) in [5, 5.41) is 5.45. The van der Waals surface area contributed by atoms with Crippen molar-refractivity contribution >= 4 is 34.1 Å². The number of amides is 2. The molecule has 0 aliphatic heterocycles. The van der Waals surface area contributed by atoms with E-state index in [1.54, 1.807) is 18.3 Å². The summed E-state index contributed by atoms with van der Waals surface area (Å²) < 4.78 is 37.5. The Morgan fingerprint density at radius 1 is 0.880 bits per heavy atom. The van der Waals surface area contributed by atoms with Crippen molar-refractivity contribution in [2.45, 2.75) is 6.18 Å². The van der Waals surface area contributed by atoms with E-state index >= 15 is 0 Å². The number of hydrogen-bond donors (Lipinski definition) is 3. The fraction of sp³-hybridized carbons (Fsp3) is 0.0588. The maximum Gasteiger partial charge on any atom is 0.416 e. The van der Waals surface area contributed by atoms with Gasteiger partial charge in [-0.2, -0.15) is 13.2 Å². The van der Waals surface area contributed by atoms with Gasteiger partial charge in [0.1, 0.15) is 0 Å². The van der Waals surface area contributed by atoms with Crippen LogP contribution in [0.15, 0.2) is 54.7 Å². The summed E-state index contributed by atoms with van der Waals surface area (Å²) in [7, 11) is 0. The number of para-hydroxylation sites is 1. The van der Waals surface area contributed by atoms with Gasteiger partial charge in [0.25, 0.3) is 0 Å². The van der Waals surface area contributed by atoms with E-state index < -0.39 is 23.6 Å².